The number of nitrogens with one attached hydrogen (secondary N) is 2. The van der Waals surface area contributed by atoms with Crippen LogP contribution < -0.4 is 10.7 Å². The van der Waals surface area contributed by atoms with E-state index < -0.39 is 5.97 Å². The minimum absolute atomic E-state index is 0.0304. The van der Waals surface area contributed by atoms with Gasteiger partial charge in [-0.1, -0.05) is 36.4 Å². The molecule has 0 saturated heterocycles. The third-order valence-corrected chi connectivity index (χ3v) is 4.12. The fraction of sp³-hybridized carbons (Fsp3) is 0.188. The van der Waals surface area contributed by atoms with Crippen molar-refractivity contribution in [3.8, 4) is 0 Å². The molecule has 23 heavy (non-hydrogen) atoms. The summed E-state index contributed by atoms with van der Waals surface area (Å²) < 4.78 is 0. The van der Waals surface area contributed by atoms with E-state index in [0.717, 1.165) is 10.4 Å². The molecule has 0 atom stereocenters. The number of carboxylic acids is 1. The molecule has 7 heteroatoms. The van der Waals surface area contributed by atoms with Crippen molar-refractivity contribution in [3.05, 3.63) is 58.3 Å². The Morgan fingerprint density at radius 1 is 1.17 bits per heavy atom. The summed E-state index contributed by atoms with van der Waals surface area (Å²) in [7, 11) is 0. The van der Waals surface area contributed by atoms with Gasteiger partial charge in [-0.15, -0.1) is 11.3 Å². The van der Waals surface area contributed by atoms with Crippen molar-refractivity contribution >= 4 is 40.3 Å². The molecule has 0 fully saturated rings. The molecule has 1 heterocycles. The van der Waals surface area contributed by atoms with Crippen molar-refractivity contribution in [3.63, 3.8) is 0 Å². The molecule has 2 rings (SSSR count). The molecule has 1 aromatic carbocycles. The van der Waals surface area contributed by atoms with Gasteiger partial charge in [0.05, 0.1) is 17.0 Å². The summed E-state index contributed by atoms with van der Waals surface area (Å²) in [5.41, 5.74) is 4.59. The van der Waals surface area contributed by atoms with Crippen LogP contribution in [0.1, 0.15) is 23.3 Å². The lowest BCUT2D eigenvalue weighted by atomic mass is 10.2. The molecule has 0 unspecified atom stereocenters. The number of thiophene rings is 1. The van der Waals surface area contributed by atoms with E-state index in [-0.39, 0.29) is 6.42 Å². The van der Waals surface area contributed by atoms with Crippen molar-refractivity contribution in [1.29, 1.82) is 0 Å². The van der Waals surface area contributed by atoms with Crippen LogP contribution in [0.15, 0.2) is 52.9 Å². The normalized spacial score (nSPS) is 11.0. The van der Waals surface area contributed by atoms with Crippen molar-refractivity contribution in [2.75, 3.05) is 0 Å². The van der Waals surface area contributed by atoms with Crippen LogP contribution in [-0.4, -0.2) is 21.9 Å². The number of rotatable bonds is 7. The van der Waals surface area contributed by atoms with Crippen LogP contribution in [0.25, 0.3) is 0 Å². The quantitative estimate of drug-likeness (QED) is 0.408. The van der Waals surface area contributed by atoms with Gasteiger partial charge in [-0.2, -0.15) is 5.10 Å². The summed E-state index contributed by atoms with van der Waals surface area (Å²) in [6.07, 6.45) is 0.382. The second kappa shape index (κ2) is 9.02. The maximum absolute atomic E-state index is 10.8. The Hall–Kier alpha value is -2.25. The minimum Gasteiger partial charge on any atom is -0.481 e. The van der Waals surface area contributed by atoms with Gasteiger partial charge in [-0.25, -0.2) is 0 Å². The van der Waals surface area contributed by atoms with Gasteiger partial charge < -0.3 is 10.4 Å². The van der Waals surface area contributed by atoms with Gasteiger partial charge in [0, 0.05) is 13.0 Å². The van der Waals surface area contributed by atoms with Gasteiger partial charge in [0.1, 0.15) is 0 Å². The van der Waals surface area contributed by atoms with Crippen LogP contribution in [0.5, 0.6) is 0 Å². The van der Waals surface area contributed by atoms with Gasteiger partial charge in [0.25, 0.3) is 0 Å². The maximum Gasteiger partial charge on any atom is 0.303 e. The van der Waals surface area contributed by atoms with Crippen LogP contribution >= 0.6 is 23.6 Å². The zero-order chi connectivity index (χ0) is 16.5. The smallest absolute Gasteiger partial charge is 0.303 e. The van der Waals surface area contributed by atoms with E-state index in [2.05, 4.69) is 15.8 Å². The van der Waals surface area contributed by atoms with E-state index in [9.17, 15) is 4.79 Å². The van der Waals surface area contributed by atoms with E-state index in [1.54, 1.807) is 0 Å². The first-order valence-electron chi connectivity index (χ1n) is 7.05. The summed E-state index contributed by atoms with van der Waals surface area (Å²) in [6, 6.07) is 13.7. The Bertz CT molecular complexity index is 670. The fourth-order valence-corrected chi connectivity index (χ4v) is 2.70. The average molecular weight is 347 g/mol. The molecule has 0 aliphatic carbocycles. The Morgan fingerprint density at radius 2 is 1.96 bits per heavy atom. The highest BCUT2D eigenvalue weighted by Crippen LogP contribution is 2.13. The van der Waals surface area contributed by atoms with Crippen LogP contribution in [0.3, 0.4) is 0 Å². The molecule has 120 valence electrons. The van der Waals surface area contributed by atoms with Gasteiger partial charge in [-0.05, 0) is 29.2 Å². The first-order chi connectivity index (χ1) is 11.1. The molecule has 0 aliphatic heterocycles. The number of carbonyl (C=O) groups is 1. The molecule has 0 aliphatic rings. The van der Waals surface area contributed by atoms with Gasteiger partial charge in [0.2, 0.25) is 0 Å². The highest BCUT2D eigenvalue weighted by molar-refractivity contribution is 7.80. The predicted octanol–water partition coefficient (Wildman–Crippen LogP) is 2.98. The van der Waals surface area contributed by atoms with Crippen LogP contribution in [0.4, 0.5) is 0 Å². The molecule has 0 amide bonds. The molecule has 2 aromatic rings. The lowest BCUT2D eigenvalue weighted by Gasteiger charge is -2.09. The Labute approximate surface area is 144 Å². The molecule has 5 nitrogen and oxygen atoms in total. The zero-order valence-corrected chi connectivity index (χ0v) is 14.0. The third kappa shape index (κ3) is 6.17. The van der Waals surface area contributed by atoms with Crippen molar-refractivity contribution in [2.24, 2.45) is 5.10 Å². The minimum atomic E-state index is -0.848. The number of aliphatic carboxylic acids is 1. The molecule has 3 N–H and O–H groups in total. The van der Waals surface area contributed by atoms with Crippen molar-refractivity contribution < 1.29 is 9.90 Å². The number of benzene rings is 1. The van der Waals surface area contributed by atoms with E-state index in [1.165, 1.54) is 11.3 Å². The standard InChI is InChI=1S/C16H17N3O2S2/c20-15(21)9-8-13(14-7-4-10-23-14)18-19-16(22)17-11-12-5-2-1-3-6-12/h1-7,10H,8-9,11H2,(H,20,21)(H2,17,19,22). The van der Waals surface area contributed by atoms with Crippen molar-refractivity contribution in [2.45, 2.75) is 19.4 Å². The second-order valence-corrected chi connectivity index (χ2v) is 6.07. The Kier molecular flexibility index (Phi) is 6.71. The number of thiocarbonyl (C=S) groups is 1. The van der Waals surface area contributed by atoms with Crippen molar-refractivity contribution in [1.82, 2.24) is 10.7 Å². The third-order valence-electron chi connectivity index (χ3n) is 2.97. The van der Waals surface area contributed by atoms with Gasteiger partial charge >= 0.3 is 5.97 Å². The average Bonchev–Trinajstić information content (AvgIpc) is 3.08. The molecule has 0 bridgehead atoms. The second-order valence-electron chi connectivity index (χ2n) is 4.71. The molecule has 0 saturated carbocycles. The molecule has 0 radical (unpaired) electrons. The monoisotopic (exact) mass is 347 g/mol. The SMILES string of the molecule is O=C(O)CCC(=NNC(=S)NCc1ccccc1)c1cccs1. The fourth-order valence-electron chi connectivity index (χ4n) is 1.84. The summed E-state index contributed by atoms with van der Waals surface area (Å²) in [5.74, 6) is -0.848. The van der Waals surface area contributed by atoms with Crippen LogP contribution in [0, 0.1) is 0 Å². The molecule has 1 aromatic heterocycles. The number of carboxylic acid groups (broad SMARTS) is 1. The lowest BCUT2D eigenvalue weighted by molar-refractivity contribution is -0.136. The lowest BCUT2D eigenvalue weighted by Crippen LogP contribution is -2.32. The first kappa shape index (κ1) is 17.1. The highest BCUT2D eigenvalue weighted by Gasteiger charge is 2.08. The Balaban J connectivity index is 1.91. The molecular weight excluding hydrogens is 330 g/mol. The number of hydrogen-bond donors (Lipinski definition) is 3. The first-order valence-corrected chi connectivity index (χ1v) is 8.34. The summed E-state index contributed by atoms with van der Waals surface area (Å²) >= 11 is 6.71. The summed E-state index contributed by atoms with van der Waals surface area (Å²) in [4.78, 5) is 11.7. The number of nitrogens with zero attached hydrogens (tertiary/aromatic N) is 1. The molecular formula is C16H17N3O2S2. The topological polar surface area (TPSA) is 73.7 Å². The van der Waals surface area contributed by atoms with E-state index in [4.69, 9.17) is 17.3 Å². The van der Waals surface area contributed by atoms with Gasteiger partial charge in [0.15, 0.2) is 5.11 Å². The van der Waals surface area contributed by atoms with Crippen LogP contribution in [0.2, 0.25) is 0 Å². The van der Waals surface area contributed by atoms with E-state index >= 15 is 0 Å². The highest BCUT2D eigenvalue weighted by atomic mass is 32.1. The summed E-state index contributed by atoms with van der Waals surface area (Å²) in [6.45, 7) is 0.603. The largest absolute Gasteiger partial charge is 0.481 e. The zero-order valence-electron chi connectivity index (χ0n) is 12.4. The number of hydrogen-bond acceptors (Lipinski definition) is 4. The number of hydrazone groups is 1. The Morgan fingerprint density at radius 3 is 2.61 bits per heavy atom. The maximum atomic E-state index is 10.8. The summed E-state index contributed by atoms with van der Waals surface area (Å²) in [5, 5.41) is 18.5. The van der Waals surface area contributed by atoms with Gasteiger partial charge in [-0.3, -0.25) is 10.2 Å². The predicted molar refractivity (Wildman–Crippen MR) is 96.7 cm³/mol. The van der Waals surface area contributed by atoms with E-state index in [1.807, 2.05) is 47.8 Å². The van der Waals surface area contributed by atoms with Crippen LogP contribution in [-0.2, 0) is 11.3 Å². The molecule has 0 spiro atoms. The van der Waals surface area contributed by atoms with E-state index in [0.29, 0.717) is 23.8 Å².